The maximum absolute atomic E-state index is 4.32. The third kappa shape index (κ3) is 5.42. The minimum atomic E-state index is 0.723. The van der Waals surface area contributed by atoms with Gasteiger partial charge in [0.2, 0.25) is 0 Å². The molecule has 0 N–H and O–H groups in total. The Morgan fingerprint density at radius 3 is 2.61 bits per heavy atom. The lowest BCUT2D eigenvalue weighted by Gasteiger charge is -2.08. The molecule has 0 heterocycles. The Kier molecular flexibility index (Phi) is 7.28. The first-order valence-corrected chi connectivity index (χ1v) is 7.09. The molecule has 0 aliphatic carbocycles. The molecule has 1 rings (SSSR count). The second kappa shape index (κ2) is 8.82. The maximum Gasteiger partial charge on any atom is 0.0151 e. The molecule has 0 aliphatic heterocycles. The number of benzene rings is 1. The third-order valence-corrected chi connectivity index (χ3v) is 3.22. The zero-order chi connectivity index (χ0) is 13.2. The summed E-state index contributed by atoms with van der Waals surface area (Å²) in [7, 11) is 0. The monoisotopic (exact) mass is 258 g/mol. The van der Waals surface area contributed by atoms with Gasteiger partial charge in [0.1, 0.15) is 0 Å². The molecule has 0 radical (unpaired) electrons. The van der Waals surface area contributed by atoms with Crippen molar-refractivity contribution in [3.8, 4) is 0 Å². The third-order valence-electron chi connectivity index (χ3n) is 2.84. The second-order valence-corrected chi connectivity index (χ2v) is 4.59. The summed E-state index contributed by atoms with van der Waals surface area (Å²) in [4.78, 5) is 0. The van der Waals surface area contributed by atoms with Crippen LogP contribution in [0.1, 0.15) is 25.3 Å². The van der Waals surface area contributed by atoms with E-state index in [1.807, 2.05) is 0 Å². The first-order valence-electron chi connectivity index (χ1n) is 6.46. The highest BCUT2D eigenvalue weighted by molar-refractivity contribution is 7.80. The van der Waals surface area contributed by atoms with Crippen LogP contribution in [0.15, 0.2) is 66.3 Å². The van der Waals surface area contributed by atoms with Crippen molar-refractivity contribution in [3.05, 3.63) is 71.8 Å². The Hall–Kier alpha value is -1.21. The highest BCUT2D eigenvalue weighted by Crippen LogP contribution is 2.17. The van der Waals surface area contributed by atoms with E-state index in [-0.39, 0.29) is 0 Å². The minimum absolute atomic E-state index is 0.723. The van der Waals surface area contributed by atoms with Crippen LogP contribution in [0.25, 0.3) is 0 Å². The number of rotatable bonds is 7. The van der Waals surface area contributed by atoms with Gasteiger partial charge in [0, 0.05) is 5.75 Å². The first kappa shape index (κ1) is 14.8. The molecule has 0 saturated heterocycles. The summed E-state index contributed by atoms with van der Waals surface area (Å²) in [6.45, 7) is 6.23. The van der Waals surface area contributed by atoms with E-state index in [1.54, 1.807) is 0 Å². The molecule has 0 nitrogen and oxygen atoms in total. The van der Waals surface area contributed by atoms with Gasteiger partial charge < -0.3 is 0 Å². The van der Waals surface area contributed by atoms with Crippen LogP contribution in [0.4, 0.5) is 0 Å². The molecule has 0 atom stereocenters. The highest BCUT2D eigenvalue weighted by Gasteiger charge is 2.01. The summed E-state index contributed by atoms with van der Waals surface area (Å²) in [6.07, 6.45) is 9.60. The Bertz CT molecular complexity index is 412. The number of hydrogen-bond donors (Lipinski definition) is 1. The molecule has 0 unspecified atom stereocenters. The van der Waals surface area contributed by atoms with Crippen molar-refractivity contribution in [2.24, 2.45) is 0 Å². The van der Waals surface area contributed by atoms with Crippen LogP contribution < -0.4 is 0 Å². The van der Waals surface area contributed by atoms with E-state index in [4.69, 9.17) is 0 Å². The first-order chi connectivity index (χ1) is 8.77. The van der Waals surface area contributed by atoms with Crippen LogP contribution in [0.2, 0.25) is 0 Å². The maximum atomic E-state index is 4.32. The minimum Gasteiger partial charge on any atom is -0.175 e. The highest BCUT2D eigenvalue weighted by atomic mass is 32.1. The molecule has 0 fully saturated rings. The lowest BCUT2D eigenvalue weighted by atomic mass is 9.99. The molecule has 1 aromatic rings. The predicted molar refractivity (Wildman–Crippen MR) is 85.3 cm³/mol. The van der Waals surface area contributed by atoms with E-state index in [2.05, 4.69) is 74.7 Å². The largest absolute Gasteiger partial charge is 0.175 e. The van der Waals surface area contributed by atoms with Crippen molar-refractivity contribution >= 4 is 12.6 Å². The van der Waals surface area contributed by atoms with Crippen molar-refractivity contribution in [3.63, 3.8) is 0 Å². The molecule has 18 heavy (non-hydrogen) atoms. The van der Waals surface area contributed by atoms with E-state index >= 15 is 0 Å². The summed E-state index contributed by atoms with van der Waals surface area (Å²) in [5.74, 6) is 0.723. The summed E-state index contributed by atoms with van der Waals surface area (Å²) >= 11 is 4.32. The summed E-state index contributed by atoms with van der Waals surface area (Å²) < 4.78 is 0. The lowest BCUT2D eigenvalue weighted by molar-refractivity contribution is 0.950. The Morgan fingerprint density at radius 2 is 2.00 bits per heavy atom. The van der Waals surface area contributed by atoms with Gasteiger partial charge in [0.15, 0.2) is 0 Å². The van der Waals surface area contributed by atoms with Crippen LogP contribution in [0.3, 0.4) is 0 Å². The predicted octanol–water partition coefficient (Wildman–Crippen LogP) is 5.00. The molecular formula is C17H22S. The molecule has 1 heteroatoms. The molecule has 96 valence electrons. The topological polar surface area (TPSA) is 0 Å². The number of thiol groups is 1. The van der Waals surface area contributed by atoms with E-state index < -0.39 is 0 Å². The van der Waals surface area contributed by atoms with Crippen molar-refractivity contribution in [2.45, 2.75) is 26.2 Å². The number of hydrogen-bond acceptors (Lipinski definition) is 1. The normalized spacial score (nSPS) is 12.0. The fourth-order valence-electron chi connectivity index (χ4n) is 1.72. The zero-order valence-corrected chi connectivity index (χ0v) is 12.0. The van der Waals surface area contributed by atoms with E-state index in [9.17, 15) is 0 Å². The molecule has 0 aromatic heterocycles. The average Bonchev–Trinajstić information content (AvgIpc) is 2.43. The summed E-state index contributed by atoms with van der Waals surface area (Å²) in [6, 6.07) is 10.6. The van der Waals surface area contributed by atoms with Crippen molar-refractivity contribution in [2.75, 3.05) is 5.75 Å². The van der Waals surface area contributed by atoms with Gasteiger partial charge in [0.25, 0.3) is 0 Å². The van der Waals surface area contributed by atoms with Gasteiger partial charge in [-0.1, -0.05) is 62.1 Å². The van der Waals surface area contributed by atoms with Crippen LogP contribution >= 0.6 is 12.6 Å². The van der Waals surface area contributed by atoms with Gasteiger partial charge in [-0.3, -0.25) is 0 Å². The zero-order valence-electron chi connectivity index (χ0n) is 11.1. The second-order valence-electron chi connectivity index (χ2n) is 4.28. The molecule has 0 amide bonds. The molecule has 1 aromatic carbocycles. The Labute approximate surface area is 117 Å². The van der Waals surface area contributed by atoms with Gasteiger partial charge in [-0.25, -0.2) is 0 Å². The average molecular weight is 258 g/mol. The van der Waals surface area contributed by atoms with Crippen molar-refractivity contribution in [1.29, 1.82) is 0 Å². The number of aryl methyl sites for hydroxylation is 1. The van der Waals surface area contributed by atoms with E-state index in [0.29, 0.717) is 0 Å². The standard InChI is InChI=1S/C17H22S/c1-3-4-6-11-17(15(2)14-18)13-12-16-9-7-5-8-10-16/h4-11,18H,2-3,12-14H2,1H3/b6-4-,17-11-. The van der Waals surface area contributed by atoms with E-state index in [1.165, 1.54) is 11.1 Å². The number of allylic oxidation sites excluding steroid dienone is 4. The van der Waals surface area contributed by atoms with Gasteiger partial charge in [-0.05, 0) is 36.0 Å². The summed E-state index contributed by atoms with van der Waals surface area (Å²) in [5, 5.41) is 0. The SMILES string of the molecule is C=C(CS)/C(=C\C=C/CC)CCc1ccccc1. The fourth-order valence-corrected chi connectivity index (χ4v) is 1.93. The Morgan fingerprint density at radius 1 is 1.28 bits per heavy atom. The van der Waals surface area contributed by atoms with Crippen molar-refractivity contribution in [1.82, 2.24) is 0 Å². The molecular weight excluding hydrogens is 236 g/mol. The quantitative estimate of drug-likeness (QED) is 0.516. The van der Waals surface area contributed by atoms with Crippen molar-refractivity contribution < 1.29 is 0 Å². The lowest BCUT2D eigenvalue weighted by Crippen LogP contribution is -1.93. The van der Waals surface area contributed by atoms with Crippen LogP contribution in [0, 0.1) is 0 Å². The van der Waals surface area contributed by atoms with Gasteiger partial charge in [0.05, 0.1) is 0 Å². The smallest absolute Gasteiger partial charge is 0.0151 e. The Balaban J connectivity index is 2.65. The molecule has 0 spiro atoms. The molecule has 0 bridgehead atoms. The van der Waals surface area contributed by atoms with Gasteiger partial charge in [-0.2, -0.15) is 12.6 Å². The molecule has 0 saturated carbocycles. The van der Waals surface area contributed by atoms with Gasteiger partial charge in [-0.15, -0.1) is 0 Å². The van der Waals surface area contributed by atoms with E-state index in [0.717, 1.165) is 30.6 Å². The molecule has 0 aliphatic rings. The summed E-state index contributed by atoms with van der Waals surface area (Å²) in [5.41, 5.74) is 3.79. The van der Waals surface area contributed by atoms with Gasteiger partial charge >= 0.3 is 0 Å². The fraction of sp³-hybridized carbons (Fsp3) is 0.294. The van der Waals surface area contributed by atoms with Crippen LogP contribution in [-0.2, 0) is 6.42 Å². The van der Waals surface area contributed by atoms with Crippen LogP contribution in [-0.4, -0.2) is 5.75 Å². The van der Waals surface area contributed by atoms with Crippen LogP contribution in [0.5, 0.6) is 0 Å².